The minimum Gasteiger partial charge on any atom is -0.489 e. The van der Waals surface area contributed by atoms with Crippen molar-refractivity contribution in [2.75, 3.05) is 0 Å². The van der Waals surface area contributed by atoms with Crippen molar-refractivity contribution in [2.45, 2.75) is 6.61 Å². The average molecular weight is 338 g/mol. The molecule has 0 aliphatic rings. The van der Waals surface area contributed by atoms with Crippen molar-refractivity contribution < 1.29 is 19.2 Å². The largest absolute Gasteiger partial charge is 0.489 e. The van der Waals surface area contributed by atoms with Crippen LogP contribution in [0.2, 0.25) is 0 Å². The quantitative estimate of drug-likeness (QED) is 0.396. The fourth-order valence-electron chi connectivity index (χ4n) is 2.12. The molecule has 0 N–H and O–H groups in total. The first-order valence-electron chi connectivity index (χ1n) is 7.05. The highest BCUT2D eigenvalue weighted by atomic mass is 16.8. The second-order valence-corrected chi connectivity index (χ2v) is 4.98. The number of nitro benzene ring substituents is 1. The Hall–Kier alpha value is -3.93. The second-order valence-electron chi connectivity index (χ2n) is 4.98. The molecule has 1 heterocycles. The maximum Gasteiger partial charge on any atom is 0.302 e. The lowest BCUT2D eigenvalue weighted by Crippen LogP contribution is -2.26. The number of hydrogen-bond donors (Lipinski definition) is 0. The number of ether oxygens (including phenoxy) is 1. The van der Waals surface area contributed by atoms with Gasteiger partial charge >= 0.3 is 5.69 Å². The molecule has 0 saturated carbocycles. The summed E-state index contributed by atoms with van der Waals surface area (Å²) < 4.78 is 9.98. The molecular formula is C16H10N4O5. The van der Waals surface area contributed by atoms with E-state index < -0.39 is 4.92 Å². The monoisotopic (exact) mass is 338 g/mol. The molecule has 124 valence electrons. The zero-order valence-electron chi connectivity index (χ0n) is 12.7. The van der Waals surface area contributed by atoms with Crippen molar-refractivity contribution in [2.24, 2.45) is 0 Å². The summed E-state index contributed by atoms with van der Waals surface area (Å²) in [7, 11) is 0. The molecule has 9 heteroatoms. The van der Waals surface area contributed by atoms with E-state index in [1.807, 2.05) is 0 Å². The number of benzene rings is 2. The summed E-state index contributed by atoms with van der Waals surface area (Å²) >= 11 is 0. The topological polar surface area (TPSA) is 129 Å². The highest BCUT2D eigenvalue weighted by molar-refractivity contribution is 5.62. The number of aromatic nitrogens is 2. The number of non-ortho nitro benzene ring substituents is 1. The third-order valence-corrected chi connectivity index (χ3v) is 3.40. The van der Waals surface area contributed by atoms with Gasteiger partial charge in [0.05, 0.1) is 4.92 Å². The van der Waals surface area contributed by atoms with Gasteiger partial charge in [0, 0.05) is 22.9 Å². The van der Waals surface area contributed by atoms with Crippen LogP contribution in [0.5, 0.6) is 5.75 Å². The molecule has 2 aromatic carbocycles. The number of nitriles is 1. The van der Waals surface area contributed by atoms with Gasteiger partial charge in [-0.05, 0) is 34.7 Å². The Morgan fingerprint density at radius 2 is 1.88 bits per heavy atom. The average Bonchev–Trinajstić information content (AvgIpc) is 3.01. The van der Waals surface area contributed by atoms with E-state index >= 15 is 0 Å². The Morgan fingerprint density at radius 1 is 1.20 bits per heavy atom. The standard InChI is InChI=1S/C16H10N4O5/c17-9-15-16(18-25-20(15)23)12-3-1-11(2-4-12)10-24-14-7-5-13(6-8-14)19(21)22/h1-8H,10H2. The van der Waals surface area contributed by atoms with Crippen LogP contribution in [-0.2, 0) is 6.61 Å². The van der Waals surface area contributed by atoms with Gasteiger partial charge in [0.15, 0.2) is 6.07 Å². The molecule has 1 aromatic heterocycles. The highest BCUT2D eigenvalue weighted by Crippen LogP contribution is 2.21. The molecule has 0 atom stereocenters. The molecule has 0 aliphatic carbocycles. The Labute approximate surface area is 141 Å². The van der Waals surface area contributed by atoms with E-state index in [1.165, 1.54) is 24.3 Å². The molecule has 3 aromatic rings. The predicted molar refractivity (Wildman–Crippen MR) is 83.0 cm³/mol. The fourth-order valence-corrected chi connectivity index (χ4v) is 2.12. The van der Waals surface area contributed by atoms with E-state index in [9.17, 15) is 15.3 Å². The van der Waals surface area contributed by atoms with Gasteiger partial charge in [-0.1, -0.05) is 12.1 Å². The van der Waals surface area contributed by atoms with E-state index in [4.69, 9.17) is 10.00 Å². The number of nitro groups is 1. The first-order valence-corrected chi connectivity index (χ1v) is 7.05. The van der Waals surface area contributed by atoms with Gasteiger partial charge in [0.2, 0.25) is 0 Å². The Morgan fingerprint density at radius 3 is 2.48 bits per heavy atom. The number of rotatable bonds is 5. The van der Waals surface area contributed by atoms with E-state index in [0.29, 0.717) is 11.3 Å². The molecule has 0 unspecified atom stereocenters. The molecule has 0 amide bonds. The summed E-state index contributed by atoms with van der Waals surface area (Å²) in [6.07, 6.45) is 0. The number of hydrogen-bond acceptors (Lipinski definition) is 7. The maximum absolute atomic E-state index is 11.2. The number of nitrogens with zero attached hydrogens (tertiary/aromatic N) is 4. The van der Waals surface area contributed by atoms with Crippen molar-refractivity contribution in [1.29, 1.82) is 5.26 Å². The lowest BCUT2D eigenvalue weighted by atomic mass is 10.1. The van der Waals surface area contributed by atoms with Gasteiger partial charge in [0.1, 0.15) is 12.4 Å². The van der Waals surface area contributed by atoms with Gasteiger partial charge < -0.3 is 9.94 Å². The third-order valence-electron chi connectivity index (χ3n) is 3.40. The predicted octanol–water partition coefficient (Wildman–Crippen LogP) is 2.33. The molecule has 0 fully saturated rings. The molecule has 25 heavy (non-hydrogen) atoms. The molecule has 0 saturated heterocycles. The lowest BCUT2D eigenvalue weighted by Gasteiger charge is -2.06. The molecular weight excluding hydrogens is 328 g/mol. The third kappa shape index (κ3) is 3.37. The van der Waals surface area contributed by atoms with E-state index in [1.54, 1.807) is 30.3 Å². The van der Waals surface area contributed by atoms with Crippen LogP contribution in [0.25, 0.3) is 11.3 Å². The Kier molecular flexibility index (Phi) is 4.26. The van der Waals surface area contributed by atoms with Crippen molar-refractivity contribution in [1.82, 2.24) is 5.16 Å². The van der Waals surface area contributed by atoms with Crippen LogP contribution in [0.4, 0.5) is 5.69 Å². The van der Waals surface area contributed by atoms with Gasteiger partial charge in [-0.15, -0.1) is 0 Å². The first kappa shape index (κ1) is 15.9. The van der Waals surface area contributed by atoms with Gasteiger partial charge in [-0.2, -0.15) is 5.26 Å². The van der Waals surface area contributed by atoms with Crippen LogP contribution >= 0.6 is 0 Å². The maximum atomic E-state index is 11.2. The summed E-state index contributed by atoms with van der Waals surface area (Å²) in [4.78, 5) is 10.2. The summed E-state index contributed by atoms with van der Waals surface area (Å²) in [5.41, 5.74) is 1.34. The molecule has 0 bridgehead atoms. The minimum absolute atomic E-state index is 0.00627. The van der Waals surface area contributed by atoms with Crippen molar-refractivity contribution in [3.8, 4) is 23.1 Å². The molecule has 0 aliphatic heterocycles. The van der Waals surface area contributed by atoms with Crippen molar-refractivity contribution in [3.05, 3.63) is 75.1 Å². The van der Waals surface area contributed by atoms with Crippen LogP contribution in [0.1, 0.15) is 11.3 Å². The van der Waals surface area contributed by atoms with Crippen LogP contribution in [0, 0.1) is 26.7 Å². The van der Waals surface area contributed by atoms with E-state index in [0.717, 1.165) is 5.56 Å². The molecule has 0 radical (unpaired) electrons. The first-order chi connectivity index (χ1) is 12.1. The normalized spacial score (nSPS) is 10.2. The molecule has 3 rings (SSSR count). The smallest absolute Gasteiger partial charge is 0.302 e. The van der Waals surface area contributed by atoms with E-state index in [-0.39, 0.29) is 28.6 Å². The van der Waals surface area contributed by atoms with Gasteiger partial charge in [0.25, 0.3) is 11.4 Å². The van der Waals surface area contributed by atoms with Gasteiger partial charge in [-0.3, -0.25) is 14.7 Å². The Balaban J connectivity index is 1.68. The van der Waals surface area contributed by atoms with Crippen LogP contribution in [0.3, 0.4) is 0 Å². The van der Waals surface area contributed by atoms with Crippen LogP contribution < -0.4 is 9.64 Å². The second kappa shape index (κ2) is 6.67. The summed E-state index contributed by atoms with van der Waals surface area (Å²) in [6, 6.07) is 14.4. The van der Waals surface area contributed by atoms with Crippen molar-refractivity contribution >= 4 is 5.69 Å². The minimum atomic E-state index is -0.479. The van der Waals surface area contributed by atoms with Crippen LogP contribution in [-0.4, -0.2) is 10.1 Å². The van der Waals surface area contributed by atoms with Gasteiger partial charge in [-0.25, -0.2) is 0 Å². The Bertz CT molecular complexity index is 942. The molecule has 9 nitrogen and oxygen atoms in total. The van der Waals surface area contributed by atoms with Crippen molar-refractivity contribution in [3.63, 3.8) is 0 Å². The highest BCUT2D eigenvalue weighted by Gasteiger charge is 2.20. The SMILES string of the molecule is N#Cc1c(-c2ccc(COc3ccc([N+](=O)[O-])cc3)cc2)no[n+]1[O-]. The zero-order valence-corrected chi connectivity index (χ0v) is 12.7. The zero-order chi connectivity index (χ0) is 17.8. The fraction of sp³-hybridized carbons (Fsp3) is 0.0625. The molecule has 0 spiro atoms. The summed E-state index contributed by atoms with van der Waals surface area (Å²) in [6.45, 7) is 0.254. The van der Waals surface area contributed by atoms with E-state index in [2.05, 4.69) is 9.79 Å². The summed E-state index contributed by atoms with van der Waals surface area (Å²) in [5, 5.41) is 34.3. The summed E-state index contributed by atoms with van der Waals surface area (Å²) in [5.74, 6) is 0.505. The van der Waals surface area contributed by atoms with Crippen LogP contribution in [0.15, 0.2) is 53.2 Å². The lowest BCUT2D eigenvalue weighted by molar-refractivity contribution is -0.804.